The van der Waals surface area contributed by atoms with Crippen LogP contribution in [0.3, 0.4) is 0 Å². The van der Waals surface area contributed by atoms with Crippen LogP contribution in [0.25, 0.3) is 0 Å². The smallest absolute Gasteiger partial charge is 0.126 e. The predicted molar refractivity (Wildman–Crippen MR) is 78.1 cm³/mol. The van der Waals surface area contributed by atoms with Crippen molar-refractivity contribution < 1.29 is 4.39 Å². The molecule has 0 saturated heterocycles. The molecule has 0 fully saturated rings. The Balaban J connectivity index is 2.35. The van der Waals surface area contributed by atoms with Crippen LogP contribution >= 0.6 is 15.9 Å². The molecule has 0 aliphatic heterocycles. The highest BCUT2D eigenvalue weighted by Gasteiger charge is 2.10. The van der Waals surface area contributed by atoms with E-state index in [0.29, 0.717) is 24.8 Å². The fourth-order valence-electron chi connectivity index (χ4n) is 1.84. The zero-order chi connectivity index (χ0) is 13.5. The summed E-state index contributed by atoms with van der Waals surface area (Å²) >= 11 is 3.36. The van der Waals surface area contributed by atoms with Gasteiger partial charge in [0.15, 0.2) is 0 Å². The van der Waals surface area contributed by atoms with Crippen LogP contribution in [-0.2, 0) is 6.42 Å². The Morgan fingerprint density at radius 1 is 1.39 bits per heavy atom. The van der Waals surface area contributed by atoms with E-state index < -0.39 is 0 Å². The normalized spacial score (nSPS) is 13.0. The molecule has 1 rings (SSSR count). The molecule has 0 spiro atoms. The molecule has 0 heterocycles. The number of rotatable bonds is 7. The second-order valence-electron chi connectivity index (χ2n) is 4.93. The molecule has 1 aromatic rings. The summed E-state index contributed by atoms with van der Waals surface area (Å²) in [7, 11) is 0. The molecule has 0 radical (unpaired) electrons. The number of benzene rings is 1. The van der Waals surface area contributed by atoms with E-state index in [1.165, 1.54) is 6.07 Å². The third-order valence-electron chi connectivity index (χ3n) is 3.23. The topological polar surface area (TPSA) is 38.0 Å². The fourth-order valence-corrected chi connectivity index (χ4v) is 2.25. The molecule has 0 aromatic heterocycles. The van der Waals surface area contributed by atoms with Crippen molar-refractivity contribution in [3.8, 4) is 0 Å². The van der Waals surface area contributed by atoms with E-state index in [2.05, 4.69) is 35.1 Å². The van der Waals surface area contributed by atoms with E-state index in [1.54, 1.807) is 6.07 Å². The maximum atomic E-state index is 13.5. The van der Waals surface area contributed by atoms with Crippen molar-refractivity contribution in [2.45, 2.75) is 20.3 Å². The van der Waals surface area contributed by atoms with Crippen LogP contribution in [-0.4, -0.2) is 19.6 Å². The summed E-state index contributed by atoms with van der Waals surface area (Å²) in [4.78, 5) is 0. The average Bonchev–Trinajstić information content (AvgIpc) is 2.33. The summed E-state index contributed by atoms with van der Waals surface area (Å²) in [5, 5.41) is 3.35. The van der Waals surface area contributed by atoms with E-state index in [1.807, 2.05) is 6.07 Å². The van der Waals surface area contributed by atoms with Gasteiger partial charge in [-0.25, -0.2) is 4.39 Å². The molecule has 0 aliphatic carbocycles. The summed E-state index contributed by atoms with van der Waals surface area (Å²) in [6.07, 6.45) is 0.695. The summed E-state index contributed by atoms with van der Waals surface area (Å²) in [6, 6.07) is 5.05. The lowest BCUT2D eigenvalue weighted by atomic mass is 9.96. The van der Waals surface area contributed by atoms with E-state index in [0.717, 1.165) is 23.1 Å². The van der Waals surface area contributed by atoms with Gasteiger partial charge in [-0.2, -0.15) is 0 Å². The van der Waals surface area contributed by atoms with Crippen LogP contribution in [0.15, 0.2) is 22.7 Å². The molecule has 102 valence electrons. The Hall–Kier alpha value is -0.450. The number of hydrogen-bond donors (Lipinski definition) is 2. The summed E-state index contributed by atoms with van der Waals surface area (Å²) in [5.41, 5.74) is 6.45. The standard InChI is InChI=1S/C14H22BrFN2/c1-10(2)12(8-17)9-18-6-5-11-7-13(15)3-4-14(11)16/h3-4,7,10,12,18H,5-6,8-9,17H2,1-2H3. The lowest BCUT2D eigenvalue weighted by molar-refractivity contribution is 0.372. The quantitative estimate of drug-likeness (QED) is 0.759. The van der Waals surface area contributed by atoms with Crippen LogP contribution in [0.5, 0.6) is 0 Å². The lowest BCUT2D eigenvalue weighted by Crippen LogP contribution is -2.32. The first kappa shape index (κ1) is 15.6. The molecule has 0 bridgehead atoms. The molecular formula is C14H22BrFN2. The van der Waals surface area contributed by atoms with Gasteiger partial charge in [0.05, 0.1) is 0 Å². The second-order valence-corrected chi connectivity index (χ2v) is 5.85. The predicted octanol–water partition coefficient (Wildman–Crippen LogP) is 2.95. The number of hydrogen-bond acceptors (Lipinski definition) is 2. The molecule has 1 unspecified atom stereocenters. The third-order valence-corrected chi connectivity index (χ3v) is 3.72. The molecular weight excluding hydrogens is 295 g/mol. The van der Waals surface area contributed by atoms with Gasteiger partial charge in [-0.3, -0.25) is 0 Å². The highest BCUT2D eigenvalue weighted by Crippen LogP contribution is 2.15. The average molecular weight is 317 g/mol. The summed E-state index contributed by atoms with van der Waals surface area (Å²) in [5.74, 6) is 0.918. The van der Waals surface area contributed by atoms with Gasteiger partial charge in [-0.1, -0.05) is 29.8 Å². The molecule has 2 nitrogen and oxygen atoms in total. The molecule has 1 aromatic carbocycles. The third kappa shape index (κ3) is 5.04. The second kappa shape index (κ2) is 7.87. The Kier molecular flexibility index (Phi) is 6.82. The van der Waals surface area contributed by atoms with Gasteiger partial charge in [0, 0.05) is 4.47 Å². The van der Waals surface area contributed by atoms with E-state index in [9.17, 15) is 4.39 Å². The Labute approximate surface area is 117 Å². The maximum Gasteiger partial charge on any atom is 0.126 e. The minimum absolute atomic E-state index is 0.140. The SMILES string of the molecule is CC(C)C(CN)CNCCc1cc(Br)ccc1F. The van der Waals surface area contributed by atoms with Gasteiger partial charge in [0.2, 0.25) is 0 Å². The number of nitrogens with one attached hydrogen (secondary N) is 1. The van der Waals surface area contributed by atoms with Crippen LogP contribution < -0.4 is 11.1 Å². The lowest BCUT2D eigenvalue weighted by Gasteiger charge is -2.19. The summed E-state index contributed by atoms with van der Waals surface area (Å²) in [6.45, 7) is 6.71. The first-order valence-electron chi connectivity index (χ1n) is 6.39. The summed E-state index contributed by atoms with van der Waals surface area (Å²) < 4.78 is 14.4. The van der Waals surface area contributed by atoms with Crippen LogP contribution in [0.4, 0.5) is 4.39 Å². The van der Waals surface area contributed by atoms with Crippen molar-refractivity contribution in [1.29, 1.82) is 0 Å². The molecule has 18 heavy (non-hydrogen) atoms. The molecule has 3 N–H and O–H groups in total. The van der Waals surface area contributed by atoms with Gasteiger partial charge >= 0.3 is 0 Å². The minimum Gasteiger partial charge on any atom is -0.330 e. The van der Waals surface area contributed by atoms with Gasteiger partial charge in [0.25, 0.3) is 0 Å². The Morgan fingerprint density at radius 2 is 2.11 bits per heavy atom. The molecule has 1 atom stereocenters. The largest absolute Gasteiger partial charge is 0.330 e. The molecule has 0 amide bonds. The fraction of sp³-hybridized carbons (Fsp3) is 0.571. The van der Waals surface area contributed by atoms with Crippen molar-refractivity contribution in [2.24, 2.45) is 17.6 Å². The zero-order valence-corrected chi connectivity index (χ0v) is 12.6. The molecule has 0 aliphatic rings. The highest BCUT2D eigenvalue weighted by atomic mass is 79.9. The van der Waals surface area contributed by atoms with Gasteiger partial charge in [-0.05, 0) is 61.7 Å². The van der Waals surface area contributed by atoms with E-state index in [4.69, 9.17) is 5.73 Å². The monoisotopic (exact) mass is 316 g/mol. The van der Waals surface area contributed by atoms with E-state index in [-0.39, 0.29) is 5.82 Å². The van der Waals surface area contributed by atoms with Crippen molar-refractivity contribution in [3.05, 3.63) is 34.1 Å². The minimum atomic E-state index is -0.140. The van der Waals surface area contributed by atoms with E-state index >= 15 is 0 Å². The van der Waals surface area contributed by atoms with Crippen LogP contribution in [0, 0.1) is 17.7 Å². The first-order valence-corrected chi connectivity index (χ1v) is 7.18. The Morgan fingerprint density at radius 3 is 2.72 bits per heavy atom. The van der Waals surface area contributed by atoms with Crippen molar-refractivity contribution >= 4 is 15.9 Å². The van der Waals surface area contributed by atoms with Gasteiger partial charge < -0.3 is 11.1 Å². The number of halogens is 2. The van der Waals surface area contributed by atoms with Crippen molar-refractivity contribution in [1.82, 2.24) is 5.32 Å². The zero-order valence-electron chi connectivity index (χ0n) is 11.0. The highest BCUT2D eigenvalue weighted by molar-refractivity contribution is 9.10. The van der Waals surface area contributed by atoms with Crippen molar-refractivity contribution in [2.75, 3.05) is 19.6 Å². The molecule has 0 saturated carbocycles. The van der Waals surface area contributed by atoms with Gasteiger partial charge in [0.1, 0.15) is 5.82 Å². The van der Waals surface area contributed by atoms with Gasteiger partial charge in [-0.15, -0.1) is 0 Å². The molecule has 4 heteroatoms. The number of nitrogens with two attached hydrogens (primary N) is 1. The first-order chi connectivity index (χ1) is 8.54. The van der Waals surface area contributed by atoms with Crippen molar-refractivity contribution in [3.63, 3.8) is 0 Å². The Bertz CT molecular complexity index is 369. The van der Waals surface area contributed by atoms with Crippen LogP contribution in [0.1, 0.15) is 19.4 Å². The van der Waals surface area contributed by atoms with Crippen LogP contribution in [0.2, 0.25) is 0 Å². The maximum absolute atomic E-state index is 13.5.